The molecule has 0 bridgehead atoms. The minimum Gasteiger partial charge on any atom is -0.306 e. The van der Waals surface area contributed by atoms with Crippen molar-refractivity contribution in [1.29, 1.82) is 0 Å². The molecule has 1 fully saturated rings. The summed E-state index contributed by atoms with van der Waals surface area (Å²) >= 11 is 0. The second-order valence-electron chi connectivity index (χ2n) is 13.5. The van der Waals surface area contributed by atoms with Crippen LogP contribution < -0.4 is 10.9 Å². The third-order valence-corrected chi connectivity index (χ3v) is 9.08. The standard InChI is InChI=1S/C29H46N4O4.C7H8O3S/c1-21(2)18-26(25(29(36)31-37)13-9-12-23-10-7-6-8-11-23)28(35)30-33(20-22(3)4)27(34)19-24-14-16-32(5)17-15-24;1-6-2-4-7(5-3-6)11(8,9)10/h6-12,21-22,24-26,37H,13-20H2,1-5H3,(H,30,35)(H,31,36);2-5H,1H3,(H,8,9,10)/t25-,26+;/m0./s1. The topological polar surface area (TPSA) is 156 Å². The molecule has 3 rings (SSSR count). The normalized spacial score (nSPS) is 15.5. The molecule has 48 heavy (non-hydrogen) atoms. The number of nitrogens with one attached hydrogen (secondary N) is 2. The monoisotopic (exact) mass is 686 g/mol. The van der Waals surface area contributed by atoms with E-state index in [0.29, 0.717) is 25.3 Å². The van der Waals surface area contributed by atoms with Gasteiger partial charge in [-0.05, 0) is 88.2 Å². The van der Waals surface area contributed by atoms with Gasteiger partial charge in [0.2, 0.25) is 17.7 Å². The van der Waals surface area contributed by atoms with E-state index >= 15 is 0 Å². The van der Waals surface area contributed by atoms with Crippen LogP contribution in [0.2, 0.25) is 0 Å². The molecule has 0 aromatic heterocycles. The van der Waals surface area contributed by atoms with Crippen LogP contribution in [0.5, 0.6) is 0 Å². The van der Waals surface area contributed by atoms with Crippen molar-refractivity contribution in [3.63, 3.8) is 0 Å². The molecule has 1 heterocycles. The number of nitrogens with zero attached hydrogens (tertiary/aromatic N) is 2. The van der Waals surface area contributed by atoms with Gasteiger partial charge in [0.25, 0.3) is 10.1 Å². The Morgan fingerprint density at radius 2 is 1.54 bits per heavy atom. The van der Waals surface area contributed by atoms with E-state index in [9.17, 15) is 28.0 Å². The van der Waals surface area contributed by atoms with E-state index in [2.05, 4.69) is 17.4 Å². The Bertz CT molecular complexity index is 1420. The number of hydrazine groups is 1. The molecule has 0 radical (unpaired) electrons. The van der Waals surface area contributed by atoms with Gasteiger partial charge in [0.1, 0.15) is 0 Å². The number of hydroxylamine groups is 1. The van der Waals surface area contributed by atoms with Crippen LogP contribution in [0, 0.1) is 36.5 Å². The van der Waals surface area contributed by atoms with Gasteiger partial charge < -0.3 is 4.90 Å². The highest BCUT2D eigenvalue weighted by Gasteiger charge is 2.35. The molecule has 3 amide bonds. The van der Waals surface area contributed by atoms with Crippen molar-refractivity contribution < 1.29 is 32.6 Å². The summed E-state index contributed by atoms with van der Waals surface area (Å²) in [5.41, 5.74) is 6.56. The van der Waals surface area contributed by atoms with Crippen LogP contribution >= 0.6 is 0 Å². The van der Waals surface area contributed by atoms with Crippen LogP contribution in [-0.2, 0) is 24.5 Å². The number of likely N-dealkylation sites (tertiary alicyclic amines) is 1. The molecule has 2 atom stereocenters. The average Bonchev–Trinajstić information content (AvgIpc) is 3.03. The van der Waals surface area contributed by atoms with E-state index in [4.69, 9.17) is 4.55 Å². The van der Waals surface area contributed by atoms with Crippen LogP contribution in [0.25, 0.3) is 6.08 Å². The molecule has 1 saturated heterocycles. The summed E-state index contributed by atoms with van der Waals surface area (Å²) in [4.78, 5) is 41.8. The zero-order valence-electron chi connectivity index (χ0n) is 29.1. The zero-order valence-corrected chi connectivity index (χ0v) is 29.9. The summed E-state index contributed by atoms with van der Waals surface area (Å²) in [7, 11) is -1.93. The van der Waals surface area contributed by atoms with Crippen LogP contribution in [0.15, 0.2) is 65.6 Å². The highest BCUT2D eigenvalue weighted by atomic mass is 32.2. The molecule has 0 aliphatic carbocycles. The number of amides is 3. The quantitative estimate of drug-likeness (QED) is 0.125. The fourth-order valence-electron chi connectivity index (χ4n) is 5.54. The predicted octanol–water partition coefficient (Wildman–Crippen LogP) is 5.36. The number of rotatable bonds is 13. The molecule has 0 unspecified atom stereocenters. The summed E-state index contributed by atoms with van der Waals surface area (Å²) in [6.07, 6.45) is 6.81. The molecule has 11 nitrogen and oxygen atoms in total. The van der Waals surface area contributed by atoms with E-state index < -0.39 is 27.9 Å². The predicted molar refractivity (Wildman–Crippen MR) is 187 cm³/mol. The fourth-order valence-corrected chi connectivity index (χ4v) is 6.02. The lowest BCUT2D eigenvalue weighted by molar-refractivity contribution is -0.148. The maximum atomic E-state index is 13.6. The minimum absolute atomic E-state index is 0.0666. The molecule has 4 N–H and O–H groups in total. The maximum absolute atomic E-state index is 13.6. The first-order valence-corrected chi connectivity index (χ1v) is 18.0. The zero-order chi connectivity index (χ0) is 35.9. The number of carbonyl (C=O) groups excluding carboxylic acids is 3. The van der Waals surface area contributed by atoms with Crippen LogP contribution in [0.1, 0.15) is 70.9 Å². The molecular formula is C36H54N4O7S. The molecule has 0 spiro atoms. The van der Waals surface area contributed by atoms with Crippen molar-refractivity contribution in [2.24, 2.45) is 29.6 Å². The van der Waals surface area contributed by atoms with Crippen LogP contribution in [-0.4, -0.2) is 72.5 Å². The third-order valence-electron chi connectivity index (χ3n) is 8.21. The summed E-state index contributed by atoms with van der Waals surface area (Å²) in [5.74, 6) is -1.95. The van der Waals surface area contributed by atoms with Gasteiger partial charge in [-0.2, -0.15) is 8.42 Å². The molecule has 1 aliphatic rings. The Hall–Kier alpha value is -3.58. The average molecular weight is 687 g/mol. The van der Waals surface area contributed by atoms with Gasteiger partial charge in [0.05, 0.1) is 16.7 Å². The maximum Gasteiger partial charge on any atom is 0.294 e. The van der Waals surface area contributed by atoms with Crippen molar-refractivity contribution in [3.05, 3.63) is 71.8 Å². The van der Waals surface area contributed by atoms with E-state index in [1.54, 1.807) is 17.6 Å². The van der Waals surface area contributed by atoms with E-state index in [0.717, 1.165) is 37.1 Å². The second-order valence-corrected chi connectivity index (χ2v) is 14.9. The number of piperidine rings is 1. The van der Waals surface area contributed by atoms with Gasteiger partial charge in [0.15, 0.2) is 0 Å². The summed E-state index contributed by atoms with van der Waals surface area (Å²) in [6.45, 7) is 12.2. The van der Waals surface area contributed by atoms with Gasteiger partial charge in [0, 0.05) is 13.0 Å². The largest absolute Gasteiger partial charge is 0.306 e. The number of hydrogen-bond donors (Lipinski definition) is 4. The Labute approximate surface area is 286 Å². The SMILES string of the molecule is CC(C)C[C@@H](C(=O)NN(CC(C)C)C(=O)CC1CCN(C)CC1)[C@H](CC=Cc1ccccc1)C(=O)NO.Cc1ccc(S(=O)(=O)O)cc1. The number of hydrogen-bond acceptors (Lipinski definition) is 7. The number of carbonyl (C=O) groups is 3. The smallest absolute Gasteiger partial charge is 0.294 e. The van der Waals surface area contributed by atoms with E-state index in [1.165, 1.54) is 17.1 Å². The summed E-state index contributed by atoms with van der Waals surface area (Å²) in [5, 5.41) is 10.9. The lowest BCUT2D eigenvalue weighted by atomic mass is 9.82. The lowest BCUT2D eigenvalue weighted by Gasteiger charge is -2.33. The fraction of sp³-hybridized carbons (Fsp3) is 0.528. The summed E-state index contributed by atoms with van der Waals surface area (Å²) in [6, 6.07) is 15.7. The van der Waals surface area contributed by atoms with Crippen molar-refractivity contribution in [1.82, 2.24) is 20.8 Å². The summed E-state index contributed by atoms with van der Waals surface area (Å²) < 4.78 is 29.6. The molecule has 0 saturated carbocycles. The van der Waals surface area contributed by atoms with Gasteiger partial charge >= 0.3 is 0 Å². The second kappa shape index (κ2) is 20.1. The van der Waals surface area contributed by atoms with E-state index in [1.807, 2.05) is 77.1 Å². The minimum atomic E-state index is -4.02. The molecule has 1 aliphatic heterocycles. The first kappa shape index (κ1) is 40.6. The number of aryl methyl sites for hydroxylation is 1. The molecule has 2 aromatic carbocycles. The van der Waals surface area contributed by atoms with E-state index in [-0.39, 0.29) is 35.0 Å². The Kier molecular flexibility index (Phi) is 17.0. The van der Waals surface area contributed by atoms with Crippen molar-refractivity contribution >= 4 is 33.9 Å². The third kappa shape index (κ3) is 14.7. The first-order valence-electron chi connectivity index (χ1n) is 16.6. The van der Waals surface area contributed by atoms with Crippen molar-refractivity contribution in [2.45, 2.75) is 71.6 Å². The number of benzene rings is 2. The van der Waals surface area contributed by atoms with Crippen LogP contribution in [0.4, 0.5) is 0 Å². The molecular weight excluding hydrogens is 632 g/mol. The van der Waals surface area contributed by atoms with Gasteiger partial charge in [-0.25, -0.2) is 5.48 Å². The van der Waals surface area contributed by atoms with Gasteiger partial charge in [-0.15, -0.1) is 0 Å². The Morgan fingerprint density at radius 3 is 2.06 bits per heavy atom. The van der Waals surface area contributed by atoms with Gasteiger partial charge in [-0.1, -0.05) is 87.9 Å². The van der Waals surface area contributed by atoms with Gasteiger partial charge in [-0.3, -0.25) is 34.6 Å². The lowest BCUT2D eigenvalue weighted by Crippen LogP contribution is -2.52. The van der Waals surface area contributed by atoms with Crippen molar-refractivity contribution in [2.75, 3.05) is 26.7 Å². The molecule has 12 heteroatoms. The Balaban J connectivity index is 0.000000613. The Morgan fingerprint density at radius 1 is 0.938 bits per heavy atom. The first-order chi connectivity index (χ1) is 22.6. The van der Waals surface area contributed by atoms with Crippen molar-refractivity contribution in [3.8, 4) is 0 Å². The molecule has 2 aromatic rings. The molecule has 266 valence electrons. The number of allylic oxidation sites excluding steroid dienone is 1. The highest BCUT2D eigenvalue weighted by molar-refractivity contribution is 7.85. The van der Waals surface area contributed by atoms with Crippen LogP contribution in [0.3, 0.4) is 0 Å². The highest BCUT2D eigenvalue weighted by Crippen LogP contribution is 2.26.